The molecule has 0 unspecified atom stereocenters. The van der Waals surface area contributed by atoms with Gasteiger partial charge in [-0.25, -0.2) is 4.79 Å². The lowest BCUT2D eigenvalue weighted by molar-refractivity contribution is -0.135. The number of rotatable bonds is 6. The number of hydrogen-bond donors (Lipinski definition) is 2. The molecule has 0 spiro atoms. The number of fused-ring (bicyclic) bond motifs is 1. The Bertz CT molecular complexity index is 1440. The van der Waals surface area contributed by atoms with Gasteiger partial charge in [-0.2, -0.15) is 0 Å². The van der Waals surface area contributed by atoms with E-state index in [1.165, 1.54) is 0 Å². The fourth-order valence-electron chi connectivity index (χ4n) is 4.79. The molecule has 1 heterocycles. The van der Waals surface area contributed by atoms with Gasteiger partial charge in [-0.15, -0.1) is 0 Å². The minimum atomic E-state index is -1.25. The molecule has 180 valence electrons. The SMILES string of the molecule is C[C@H](NC(=O)CN1C(=O)N[C@](C)(c2cccc3ccccc23)C1=O)c1ccc(-c2ccccc2)cc1. The van der Waals surface area contributed by atoms with E-state index in [0.717, 1.165) is 32.4 Å². The summed E-state index contributed by atoms with van der Waals surface area (Å²) in [5.74, 6) is -0.848. The molecular formula is C30H27N3O3. The van der Waals surface area contributed by atoms with Gasteiger partial charge in [0.25, 0.3) is 5.91 Å². The Kier molecular flexibility index (Phi) is 6.02. The average Bonchev–Trinajstić information content (AvgIpc) is 3.12. The zero-order valence-electron chi connectivity index (χ0n) is 20.2. The number of imide groups is 1. The van der Waals surface area contributed by atoms with E-state index in [1.807, 2.05) is 104 Å². The molecule has 0 radical (unpaired) electrons. The van der Waals surface area contributed by atoms with Gasteiger partial charge in [0.2, 0.25) is 5.91 Å². The van der Waals surface area contributed by atoms with Crippen LogP contribution in [0, 0.1) is 0 Å². The lowest BCUT2D eigenvalue weighted by Gasteiger charge is -2.24. The Labute approximate surface area is 209 Å². The molecule has 0 aliphatic carbocycles. The van der Waals surface area contributed by atoms with Gasteiger partial charge in [-0.05, 0) is 46.9 Å². The lowest BCUT2D eigenvalue weighted by Crippen LogP contribution is -2.43. The molecule has 1 fully saturated rings. The summed E-state index contributed by atoms with van der Waals surface area (Å²) in [6.45, 7) is 3.21. The van der Waals surface area contributed by atoms with Crippen LogP contribution in [0.4, 0.5) is 4.79 Å². The van der Waals surface area contributed by atoms with E-state index in [-0.39, 0.29) is 12.6 Å². The fourth-order valence-corrected chi connectivity index (χ4v) is 4.79. The number of amides is 4. The van der Waals surface area contributed by atoms with Crippen LogP contribution in [0.5, 0.6) is 0 Å². The first kappa shape index (κ1) is 23.3. The third kappa shape index (κ3) is 4.22. The second-order valence-electron chi connectivity index (χ2n) is 9.25. The maximum atomic E-state index is 13.4. The van der Waals surface area contributed by atoms with Crippen molar-refractivity contribution >= 4 is 28.6 Å². The molecule has 36 heavy (non-hydrogen) atoms. The van der Waals surface area contributed by atoms with Crippen LogP contribution in [0.3, 0.4) is 0 Å². The van der Waals surface area contributed by atoms with Crippen molar-refractivity contribution < 1.29 is 14.4 Å². The van der Waals surface area contributed by atoms with Crippen molar-refractivity contribution in [3.8, 4) is 11.1 Å². The predicted molar refractivity (Wildman–Crippen MR) is 140 cm³/mol. The van der Waals surface area contributed by atoms with Crippen molar-refractivity contribution in [1.29, 1.82) is 0 Å². The topological polar surface area (TPSA) is 78.5 Å². The van der Waals surface area contributed by atoms with Gasteiger partial charge in [0, 0.05) is 0 Å². The number of carbonyl (C=O) groups is 3. The average molecular weight is 478 g/mol. The van der Waals surface area contributed by atoms with Crippen LogP contribution in [0.1, 0.15) is 31.0 Å². The Hall–Kier alpha value is -4.45. The van der Waals surface area contributed by atoms with Gasteiger partial charge in [-0.1, -0.05) is 97.1 Å². The summed E-state index contributed by atoms with van der Waals surface area (Å²) in [6.07, 6.45) is 0. The Morgan fingerprint density at radius 2 is 1.50 bits per heavy atom. The number of carbonyl (C=O) groups excluding carboxylic acids is 3. The highest BCUT2D eigenvalue weighted by molar-refractivity contribution is 6.10. The van der Waals surface area contributed by atoms with Gasteiger partial charge in [-0.3, -0.25) is 14.5 Å². The first-order valence-electron chi connectivity index (χ1n) is 11.9. The molecule has 4 amide bonds. The highest BCUT2D eigenvalue weighted by Gasteiger charge is 2.50. The summed E-state index contributed by atoms with van der Waals surface area (Å²) < 4.78 is 0. The Balaban J connectivity index is 1.28. The molecule has 0 aromatic heterocycles. The summed E-state index contributed by atoms with van der Waals surface area (Å²) in [7, 11) is 0. The smallest absolute Gasteiger partial charge is 0.325 e. The van der Waals surface area contributed by atoms with Crippen molar-refractivity contribution in [2.75, 3.05) is 6.54 Å². The maximum Gasteiger partial charge on any atom is 0.325 e. The van der Waals surface area contributed by atoms with E-state index in [1.54, 1.807) is 6.92 Å². The van der Waals surface area contributed by atoms with Crippen molar-refractivity contribution in [2.45, 2.75) is 25.4 Å². The first-order chi connectivity index (χ1) is 17.4. The minimum absolute atomic E-state index is 0.285. The summed E-state index contributed by atoms with van der Waals surface area (Å²) in [6, 6.07) is 30.5. The van der Waals surface area contributed by atoms with Crippen LogP contribution in [0.2, 0.25) is 0 Å². The standard InChI is InChI=1S/C30H27N3O3/c1-20(21-15-17-23(18-16-21)22-9-4-3-5-10-22)31-27(34)19-33-28(35)30(2,32-29(33)36)26-14-8-12-24-11-6-7-13-25(24)26/h3-18,20H,19H2,1-2H3,(H,31,34)(H,32,36)/t20-,30+/m0/s1. The molecule has 1 saturated heterocycles. The van der Waals surface area contributed by atoms with Crippen molar-refractivity contribution in [1.82, 2.24) is 15.5 Å². The second kappa shape index (κ2) is 9.30. The summed E-state index contributed by atoms with van der Waals surface area (Å²) in [4.78, 5) is 40.0. The van der Waals surface area contributed by atoms with Crippen LogP contribution in [-0.4, -0.2) is 29.3 Å². The molecule has 2 atom stereocenters. The molecule has 4 aromatic carbocycles. The molecule has 6 heteroatoms. The van der Waals surface area contributed by atoms with Crippen molar-refractivity contribution in [2.24, 2.45) is 0 Å². The Morgan fingerprint density at radius 1 is 0.861 bits per heavy atom. The molecule has 4 aromatic rings. The molecule has 6 nitrogen and oxygen atoms in total. The van der Waals surface area contributed by atoms with E-state index in [4.69, 9.17) is 0 Å². The predicted octanol–water partition coefficient (Wildman–Crippen LogP) is 5.15. The second-order valence-corrected chi connectivity index (χ2v) is 9.25. The van der Waals surface area contributed by atoms with E-state index in [0.29, 0.717) is 5.56 Å². The van der Waals surface area contributed by atoms with Crippen LogP contribution >= 0.6 is 0 Å². The highest BCUT2D eigenvalue weighted by atomic mass is 16.2. The first-order valence-corrected chi connectivity index (χ1v) is 11.9. The van der Waals surface area contributed by atoms with E-state index in [9.17, 15) is 14.4 Å². The number of benzene rings is 4. The summed E-state index contributed by atoms with van der Waals surface area (Å²) in [5, 5.41) is 7.57. The number of nitrogens with zero attached hydrogens (tertiary/aromatic N) is 1. The monoisotopic (exact) mass is 477 g/mol. The quantitative estimate of drug-likeness (QED) is 0.377. The fraction of sp³-hybridized carbons (Fsp3) is 0.167. The van der Waals surface area contributed by atoms with E-state index >= 15 is 0 Å². The summed E-state index contributed by atoms with van der Waals surface area (Å²) in [5.41, 5.74) is 2.59. The zero-order valence-corrected chi connectivity index (χ0v) is 20.2. The van der Waals surface area contributed by atoms with Crippen LogP contribution in [0.25, 0.3) is 21.9 Å². The van der Waals surface area contributed by atoms with Gasteiger partial charge >= 0.3 is 6.03 Å². The van der Waals surface area contributed by atoms with Crippen LogP contribution in [-0.2, 0) is 15.1 Å². The maximum absolute atomic E-state index is 13.4. The van der Waals surface area contributed by atoms with Crippen LogP contribution < -0.4 is 10.6 Å². The summed E-state index contributed by atoms with van der Waals surface area (Å²) >= 11 is 0. The third-order valence-corrected chi connectivity index (χ3v) is 6.80. The number of nitrogens with one attached hydrogen (secondary N) is 2. The third-order valence-electron chi connectivity index (χ3n) is 6.80. The molecule has 5 rings (SSSR count). The van der Waals surface area contributed by atoms with Gasteiger partial charge < -0.3 is 10.6 Å². The van der Waals surface area contributed by atoms with E-state index < -0.39 is 23.4 Å². The van der Waals surface area contributed by atoms with Crippen molar-refractivity contribution in [3.63, 3.8) is 0 Å². The number of urea groups is 1. The van der Waals surface area contributed by atoms with Gasteiger partial charge in [0.15, 0.2) is 0 Å². The van der Waals surface area contributed by atoms with Crippen molar-refractivity contribution in [3.05, 3.63) is 108 Å². The molecular weight excluding hydrogens is 450 g/mol. The minimum Gasteiger partial charge on any atom is -0.348 e. The lowest BCUT2D eigenvalue weighted by atomic mass is 9.88. The van der Waals surface area contributed by atoms with Gasteiger partial charge in [0.05, 0.1) is 6.04 Å². The normalized spacial score (nSPS) is 18.2. The molecule has 2 N–H and O–H groups in total. The molecule has 0 bridgehead atoms. The van der Waals surface area contributed by atoms with E-state index in [2.05, 4.69) is 10.6 Å². The highest BCUT2D eigenvalue weighted by Crippen LogP contribution is 2.33. The zero-order chi connectivity index (χ0) is 25.3. The Morgan fingerprint density at radius 3 is 2.25 bits per heavy atom. The van der Waals surface area contributed by atoms with Gasteiger partial charge in [0.1, 0.15) is 12.1 Å². The molecule has 1 aliphatic rings. The van der Waals surface area contributed by atoms with Crippen LogP contribution in [0.15, 0.2) is 97.1 Å². The number of hydrogen-bond acceptors (Lipinski definition) is 3. The largest absolute Gasteiger partial charge is 0.348 e. The molecule has 1 aliphatic heterocycles. The molecule has 0 saturated carbocycles.